The van der Waals surface area contributed by atoms with Crippen LogP contribution in [-0.2, 0) is 4.79 Å². The fourth-order valence-corrected chi connectivity index (χ4v) is 2.96. The highest BCUT2D eigenvalue weighted by molar-refractivity contribution is 9.10. The van der Waals surface area contributed by atoms with Gasteiger partial charge in [-0.15, -0.1) is 0 Å². The third-order valence-electron chi connectivity index (χ3n) is 3.68. The largest absolute Gasteiger partial charge is 0.378 e. The van der Waals surface area contributed by atoms with Crippen LogP contribution in [0.3, 0.4) is 0 Å². The van der Waals surface area contributed by atoms with E-state index in [1.54, 1.807) is 0 Å². The van der Waals surface area contributed by atoms with Gasteiger partial charge in [0.05, 0.1) is 5.69 Å². The van der Waals surface area contributed by atoms with E-state index in [2.05, 4.69) is 21.2 Å². The monoisotopic (exact) mass is 401 g/mol. The molecule has 0 aliphatic carbocycles. The molecule has 0 spiro atoms. The lowest BCUT2D eigenvalue weighted by atomic mass is 10.1. The molecular formula is C18H16BrN3OS. The van der Waals surface area contributed by atoms with Crippen molar-refractivity contribution in [3.05, 3.63) is 64.3 Å². The summed E-state index contributed by atoms with van der Waals surface area (Å²) in [4.78, 5) is 16.2. The maximum atomic E-state index is 12.7. The van der Waals surface area contributed by atoms with Crippen molar-refractivity contribution in [3.63, 3.8) is 0 Å². The molecule has 0 atom stereocenters. The third-order valence-corrected chi connectivity index (χ3v) is 4.50. The van der Waals surface area contributed by atoms with Crippen molar-refractivity contribution in [2.75, 3.05) is 23.9 Å². The summed E-state index contributed by atoms with van der Waals surface area (Å²) in [5, 5.41) is 3.39. The molecule has 4 nitrogen and oxygen atoms in total. The molecule has 1 fully saturated rings. The molecule has 1 aliphatic heterocycles. The molecule has 1 N–H and O–H groups in total. The fourth-order valence-electron chi connectivity index (χ4n) is 2.40. The Morgan fingerprint density at radius 3 is 2.29 bits per heavy atom. The summed E-state index contributed by atoms with van der Waals surface area (Å²) in [6, 6.07) is 15.4. The number of halogens is 1. The lowest BCUT2D eigenvalue weighted by molar-refractivity contribution is -0.113. The summed E-state index contributed by atoms with van der Waals surface area (Å²) >= 11 is 8.71. The molecule has 0 bridgehead atoms. The smallest absolute Gasteiger partial charge is 0.281 e. The highest BCUT2D eigenvalue weighted by Crippen LogP contribution is 2.24. The van der Waals surface area contributed by atoms with Gasteiger partial charge in [-0.05, 0) is 60.3 Å². The summed E-state index contributed by atoms with van der Waals surface area (Å²) in [5.41, 5.74) is 3.26. The van der Waals surface area contributed by atoms with Gasteiger partial charge >= 0.3 is 0 Å². The summed E-state index contributed by atoms with van der Waals surface area (Å²) < 4.78 is 0.952. The van der Waals surface area contributed by atoms with Crippen LogP contribution >= 0.6 is 28.1 Å². The van der Waals surface area contributed by atoms with Crippen LogP contribution in [-0.4, -0.2) is 25.1 Å². The summed E-state index contributed by atoms with van der Waals surface area (Å²) in [5.74, 6) is -0.154. The van der Waals surface area contributed by atoms with E-state index in [9.17, 15) is 4.79 Å². The van der Waals surface area contributed by atoms with E-state index in [1.807, 2.05) is 73.6 Å². The Bertz CT molecular complexity index is 813. The van der Waals surface area contributed by atoms with Crippen molar-refractivity contribution < 1.29 is 4.79 Å². The van der Waals surface area contributed by atoms with Crippen LogP contribution in [0.5, 0.6) is 0 Å². The highest BCUT2D eigenvalue weighted by Gasteiger charge is 2.31. The van der Waals surface area contributed by atoms with Crippen molar-refractivity contribution in [1.82, 2.24) is 5.32 Å². The van der Waals surface area contributed by atoms with Crippen LogP contribution in [0.2, 0.25) is 0 Å². The topological polar surface area (TPSA) is 35.6 Å². The van der Waals surface area contributed by atoms with E-state index < -0.39 is 0 Å². The lowest BCUT2D eigenvalue weighted by Gasteiger charge is -2.13. The molecule has 1 aliphatic rings. The first-order chi connectivity index (χ1) is 11.5. The maximum Gasteiger partial charge on any atom is 0.281 e. The Hall–Kier alpha value is -2.18. The van der Waals surface area contributed by atoms with Crippen LogP contribution in [0, 0.1) is 0 Å². The van der Waals surface area contributed by atoms with Gasteiger partial charge in [0, 0.05) is 24.3 Å². The Kier molecular flexibility index (Phi) is 4.69. The Balaban J connectivity index is 1.86. The number of nitrogens with one attached hydrogen (secondary N) is 1. The van der Waals surface area contributed by atoms with Crippen molar-refractivity contribution in [2.24, 2.45) is 0 Å². The molecule has 0 unspecified atom stereocenters. The molecule has 3 rings (SSSR count). The zero-order valence-corrected chi connectivity index (χ0v) is 15.7. The summed E-state index contributed by atoms with van der Waals surface area (Å²) in [6.45, 7) is 0. The average molecular weight is 402 g/mol. The molecule has 2 aromatic carbocycles. The molecule has 1 saturated heterocycles. The first-order valence-corrected chi connectivity index (χ1v) is 8.56. The molecule has 0 radical (unpaired) electrons. The van der Waals surface area contributed by atoms with Gasteiger partial charge in [-0.2, -0.15) is 0 Å². The number of carbonyl (C=O) groups excluding carboxylic acids is 1. The van der Waals surface area contributed by atoms with Gasteiger partial charge in [0.15, 0.2) is 5.11 Å². The van der Waals surface area contributed by atoms with Gasteiger partial charge < -0.3 is 10.2 Å². The van der Waals surface area contributed by atoms with Crippen molar-refractivity contribution >= 4 is 56.6 Å². The van der Waals surface area contributed by atoms with Gasteiger partial charge in [-0.25, -0.2) is 0 Å². The van der Waals surface area contributed by atoms with E-state index in [0.717, 1.165) is 21.4 Å². The van der Waals surface area contributed by atoms with Crippen LogP contribution in [0.15, 0.2) is 58.7 Å². The summed E-state index contributed by atoms with van der Waals surface area (Å²) in [7, 11) is 3.98. The zero-order valence-electron chi connectivity index (χ0n) is 13.3. The van der Waals surface area contributed by atoms with Crippen LogP contribution in [0.25, 0.3) is 6.08 Å². The normalized spacial score (nSPS) is 15.8. The van der Waals surface area contributed by atoms with Crippen LogP contribution in [0.4, 0.5) is 11.4 Å². The minimum absolute atomic E-state index is 0.154. The predicted octanol–water partition coefficient (Wildman–Crippen LogP) is 3.78. The number of amides is 1. The molecule has 6 heteroatoms. The molecule has 0 aromatic heterocycles. The van der Waals surface area contributed by atoms with Gasteiger partial charge in [0.1, 0.15) is 5.70 Å². The number of rotatable bonds is 3. The Labute approximate surface area is 154 Å². The van der Waals surface area contributed by atoms with Crippen molar-refractivity contribution in [1.29, 1.82) is 0 Å². The number of anilines is 2. The molecule has 0 saturated carbocycles. The Morgan fingerprint density at radius 1 is 1.08 bits per heavy atom. The van der Waals surface area contributed by atoms with Crippen molar-refractivity contribution in [3.8, 4) is 0 Å². The number of nitrogens with zero attached hydrogens (tertiary/aromatic N) is 2. The molecule has 1 amide bonds. The number of hydrogen-bond acceptors (Lipinski definition) is 3. The van der Waals surface area contributed by atoms with Gasteiger partial charge in [0.2, 0.25) is 0 Å². The minimum Gasteiger partial charge on any atom is -0.378 e. The SMILES string of the molecule is CN(C)c1ccc(/C=C2\NC(=S)N(c3ccc(Br)cc3)C2=O)cc1. The molecular weight excluding hydrogens is 386 g/mol. The number of benzene rings is 2. The predicted molar refractivity (Wildman–Crippen MR) is 106 cm³/mol. The number of thiocarbonyl (C=S) groups is 1. The van der Waals surface area contributed by atoms with Gasteiger partial charge in [0.25, 0.3) is 5.91 Å². The standard InChI is InChI=1S/C18H16BrN3OS/c1-21(2)14-7-3-12(4-8-14)11-16-17(23)22(18(24)20-16)15-9-5-13(19)6-10-15/h3-11H,1-2H3,(H,20,24)/b16-11-. The minimum atomic E-state index is -0.154. The second kappa shape index (κ2) is 6.75. The molecule has 24 heavy (non-hydrogen) atoms. The molecule has 122 valence electrons. The average Bonchev–Trinajstić information content (AvgIpc) is 2.83. The van der Waals surface area contributed by atoms with E-state index >= 15 is 0 Å². The van der Waals surface area contributed by atoms with Crippen molar-refractivity contribution in [2.45, 2.75) is 0 Å². The van der Waals surface area contributed by atoms with E-state index in [-0.39, 0.29) is 5.91 Å². The second-order valence-electron chi connectivity index (χ2n) is 5.59. The third kappa shape index (κ3) is 3.34. The fraction of sp³-hybridized carbons (Fsp3) is 0.111. The van der Waals surface area contributed by atoms with Gasteiger partial charge in [-0.1, -0.05) is 28.1 Å². The zero-order chi connectivity index (χ0) is 17.3. The first-order valence-electron chi connectivity index (χ1n) is 7.36. The van der Waals surface area contributed by atoms with Crippen LogP contribution < -0.4 is 15.1 Å². The van der Waals surface area contributed by atoms with E-state index in [1.165, 1.54) is 4.90 Å². The quantitative estimate of drug-likeness (QED) is 0.626. The second-order valence-corrected chi connectivity index (χ2v) is 6.89. The highest BCUT2D eigenvalue weighted by atomic mass is 79.9. The molecule has 1 heterocycles. The number of carbonyl (C=O) groups is 1. The first kappa shape index (κ1) is 16.7. The number of hydrogen-bond donors (Lipinski definition) is 1. The van der Waals surface area contributed by atoms with Gasteiger partial charge in [-0.3, -0.25) is 9.69 Å². The molecule has 2 aromatic rings. The van der Waals surface area contributed by atoms with E-state index in [4.69, 9.17) is 12.2 Å². The van der Waals surface area contributed by atoms with E-state index in [0.29, 0.717) is 10.8 Å². The maximum absolute atomic E-state index is 12.7. The lowest BCUT2D eigenvalue weighted by Crippen LogP contribution is -2.30. The summed E-state index contributed by atoms with van der Waals surface area (Å²) in [6.07, 6.45) is 1.81. The Morgan fingerprint density at radius 2 is 1.71 bits per heavy atom. The van der Waals surface area contributed by atoms with Crippen LogP contribution in [0.1, 0.15) is 5.56 Å².